The van der Waals surface area contributed by atoms with Gasteiger partial charge in [0.1, 0.15) is 22.7 Å². The molecule has 0 radical (unpaired) electrons. The molecule has 0 spiro atoms. The minimum atomic E-state index is -0.522. The molecule has 1 fully saturated rings. The minimum Gasteiger partial charge on any atom is -0.336 e. The number of anilines is 1. The Kier molecular flexibility index (Phi) is 5.13. The molecule has 1 aliphatic rings. The first-order valence-corrected chi connectivity index (χ1v) is 12.2. The summed E-state index contributed by atoms with van der Waals surface area (Å²) in [6, 6.07) is 9.05. The third-order valence-electron chi connectivity index (χ3n) is 6.85. The first-order chi connectivity index (χ1) is 18.7. The molecule has 6 aromatic rings. The zero-order chi connectivity index (χ0) is 25.6. The monoisotopic (exact) mass is 505 g/mol. The smallest absolute Gasteiger partial charge is 0.227 e. The normalized spacial score (nSPS) is 13.6. The fraction of sp³-hybridized carbons (Fsp3) is 0.148. The number of nitrogens with one attached hydrogen (secondary N) is 3. The van der Waals surface area contributed by atoms with E-state index in [4.69, 9.17) is 4.98 Å². The van der Waals surface area contributed by atoms with Crippen LogP contribution in [0.2, 0.25) is 0 Å². The highest BCUT2D eigenvalue weighted by molar-refractivity contribution is 5.97. The number of H-pyrrole nitrogens is 2. The number of hydrogen-bond acceptors (Lipinski definition) is 7. The molecule has 0 aromatic carbocycles. The Morgan fingerprint density at radius 1 is 1.03 bits per heavy atom. The summed E-state index contributed by atoms with van der Waals surface area (Å²) in [6.45, 7) is 0. The Balaban J connectivity index is 1.30. The molecule has 7 rings (SSSR count). The van der Waals surface area contributed by atoms with Gasteiger partial charge in [0.25, 0.3) is 0 Å². The van der Waals surface area contributed by atoms with Crippen molar-refractivity contribution < 1.29 is 9.18 Å². The van der Waals surface area contributed by atoms with Crippen molar-refractivity contribution in [3.8, 4) is 34.0 Å². The molecule has 3 N–H and O–H groups in total. The van der Waals surface area contributed by atoms with Crippen LogP contribution in [0.5, 0.6) is 0 Å². The van der Waals surface area contributed by atoms with Gasteiger partial charge in [-0.25, -0.2) is 14.4 Å². The van der Waals surface area contributed by atoms with E-state index in [-0.39, 0.29) is 34.1 Å². The van der Waals surface area contributed by atoms with Gasteiger partial charge in [-0.2, -0.15) is 5.10 Å². The van der Waals surface area contributed by atoms with Gasteiger partial charge in [0, 0.05) is 41.8 Å². The van der Waals surface area contributed by atoms with Crippen molar-refractivity contribution in [2.45, 2.75) is 19.3 Å². The summed E-state index contributed by atoms with van der Waals surface area (Å²) in [4.78, 5) is 37.8. The van der Waals surface area contributed by atoms with Crippen LogP contribution >= 0.6 is 0 Å². The van der Waals surface area contributed by atoms with Crippen LogP contribution in [0.3, 0.4) is 0 Å². The lowest BCUT2D eigenvalue weighted by molar-refractivity contribution is -0.122. The van der Waals surface area contributed by atoms with E-state index in [1.54, 1.807) is 30.7 Å². The Morgan fingerprint density at radius 3 is 2.76 bits per heavy atom. The summed E-state index contributed by atoms with van der Waals surface area (Å²) in [5.41, 5.74) is 4.41. The van der Waals surface area contributed by atoms with Crippen molar-refractivity contribution in [1.29, 1.82) is 0 Å². The Bertz CT molecular complexity index is 1830. The number of aromatic amines is 2. The maximum Gasteiger partial charge on any atom is 0.227 e. The molecular formula is C27H20FN9O. The Labute approximate surface area is 214 Å². The molecule has 186 valence electrons. The predicted octanol–water partition coefficient (Wildman–Crippen LogP) is 4.90. The number of hydrogen-bond donors (Lipinski definition) is 3. The number of halogens is 1. The number of imidazole rings is 1. The van der Waals surface area contributed by atoms with Gasteiger partial charge in [0.2, 0.25) is 5.91 Å². The second kappa shape index (κ2) is 8.80. The van der Waals surface area contributed by atoms with Crippen molar-refractivity contribution in [2.24, 2.45) is 5.92 Å². The van der Waals surface area contributed by atoms with Crippen LogP contribution in [-0.4, -0.2) is 46.0 Å². The number of rotatable bonds is 5. The topological polar surface area (TPSA) is 138 Å². The van der Waals surface area contributed by atoms with Gasteiger partial charge in [-0.15, -0.1) is 0 Å². The van der Waals surface area contributed by atoms with Gasteiger partial charge in [0.15, 0.2) is 11.5 Å². The average Bonchev–Trinajstić information content (AvgIpc) is 3.53. The third-order valence-corrected chi connectivity index (χ3v) is 6.85. The maximum atomic E-state index is 16.0. The lowest BCUT2D eigenvalue weighted by Gasteiger charge is -2.24. The molecule has 0 saturated heterocycles. The molecule has 6 aromatic heterocycles. The van der Waals surface area contributed by atoms with Gasteiger partial charge in [-0.05, 0) is 37.1 Å². The lowest BCUT2D eigenvalue weighted by atomic mass is 9.85. The van der Waals surface area contributed by atoms with Crippen LogP contribution in [0, 0.1) is 11.7 Å². The van der Waals surface area contributed by atoms with E-state index >= 15 is 4.39 Å². The largest absolute Gasteiger partial charge is 0.336 e. The third kappa shape index (κ3) is 3.67. The molecule has 10 nitrogen and oxygen atoms in total. The van der Waals surface area contributed by atoms with Crippen LogP contribution in [0.15, 0.2) is 61.3 Å². The summed E-state index contributed by atoms with van der Waals surface area (Å²) in [5.74, 6) is -0.162. The van der Waals surface area contributed by atoms with E-state index in [9.17, 15) is 4.79 Å². The van der Waals surface area contributed by atoms with E-state index in [1.165, 1.54) is 12.4 Å². The van der Waals surface area contributed by atoms with Crippen molar-refractivity contribution in [2.75, 3.05) is 5.32 Å². The zero-order valence-corrected chi connectivity index (χ0v) is 19.9. The molecule has 38 heavy (non-hydrogen) atoms. The summed E-state index contributed by atoms with van der Waals surface area (Å²) in [5, 5.41) is 10.2. The van der Waals surface area contributed by atoms with E-state index in [0.29, 0.717) is 34.0 Å². The highest BCUT2D eigenvalue weighted by atomic mass is 19.1. The number of aromatic nitrogens is 8. The van der Waals surface area contributed by atoms with Gasteiger partial charge >= 0.3 is 0 Å². The summed E-state index contributed by atoms with van der Waals surface area (Å²) in [6.07, 6.45) is 10.7. The van der Waals surface area contributed by atoms with Crippen molar-refractivity contribution >= 4 is 33.7 Å². The van der Waals surface area contributed by atoms with E-state index < -0.39 is 5.82 Å². The second-order valence-corrected chi connectivity index (χ2v) is 9.22. The van der Waals surface area contributed by atoms with Crippen LogP contribution in [0.1, 0.15) is 19.3 Å². The summed E-state index contributed by atoms with van der Waals surface area (Å²) in [7, 11) is 0. The van der Waals surface area contributed by atoms with Gasteiger partial charge in [-0.1, -0.05) is 12.5 Å². The van der Waals surface area contributed by atoms with E-state index in [1.807, 2.05) is 18.2 Å². The number of amides is 1. The fourth-order valence-electron chi connectivity index (χ4n) is 4.64. The van der Waals surface area contributed by atoms with Gasteiger partial charge < -0.3 is 10.3 Å². The maximum absolute atomic E-state index is 16.0. The van der Waals surface area contributed by atoms with Crippen LogP contribution in [0.25, 0.3) is 56.1 Å². The molecule has 11 heteroatoms. The van der Waals surface area contributed by atoms with Crippen LogP contribution < -0.4 is 5.32 Å². The highest BCUT2D eigenvalue weighted by Gasteiger charge is 2.26. The molecule has 0 bridgehead atoms. The minimum absolute atomic E-state index is 0.0269. The molecule has 1 amide bonds. The Hall–Kier alpha value is -5.06. The molecular weight excluding hydrogens is 485 g/mol. The lowest BCUT2D eigenvalue weighted by Crippen LogP contribution is -2.28. The van der Waals surface area contributed by atoms with Crippen molar-refractivity contribution in [3.05, 3.63) is 67.1 Å². The van der Waals surface area contributed by atoms with Crippen molar-refractivity contribution in [3.63, 3.8) is 0 Å². The molecule has 0 atom stereocenters. The summed E-state index contributed by atoms with van der Waals surface area (Å²) < 4.78 is 16.0. The number of pyridine rings is 4. The number of carbonyl (C=O) groups excluding carboxylic acids is 1. The molecule has 0 aliphatic heterocycles. The van der Waals surface area contributed by atoms with E-state index in [2.05, 4.69) is 40.4 Å². The quantitative estimate of drug-likeness (QED) is 0.303. The van der Waals surface area contributed by atoms with Crippen LogP contribution in [0.4, 0.5) is 10.1 Å². The number of carbonyl (C=O) groups is 1. The first kappa shape index (κ1) is 22.2. The van der Waals surface area contributed by atoms with Crippen LogP contribution in [-0.2, 0) is 4.79 Å². The van der Waals surface area contributed by atoms with Gasteiger partial charge in [-0.3, -0.25) is 24.8 Å². The van der Waals surface area contributed by atoms with Gasteiger partial charge in [0.05, 0.1) is 28.5 Å². The van der Waals surface area contributed by atoms with E-state index in [0.717, 1.165) is 24.8 Å². The highest BCUT2D eigenvalue weighted by Crippen LogP contribution is 2.34. The Morgan fingerprint density at radius 2 is 1.95 bits per heavy atom. The second-order valence-electron chi connectivity index (χ2n) is 9.22. The molecule has 6 heterocycles. The zero-order valence-electron chi connectivity index (χ0n) is 19.9. The molecule has 1 aliphatic carbocycles. The fourth-order valence-corrected chi connectivity index (χ4v) is 4.64. The summed E-state index contributed by atoms with van der Waals surface area (Å²) >= 11 is 0. The predicted molar refractivity (Wildman–Crippen MR) is 139 cm³/mol. The molecule has 1 saturated carbocycles. The molecule has 0 unspecified atom stereocenters. The number of nitrogens with zero attached hydrogens (tertiary/aromatic N) is 6. The SMILES string of the molecule is O=C(Nc1cncc(-c2cnc3[nH]nc(-c4nc5c(-c6ccccn6)nccc5[nH]4)c3c2F)c1)C1CCC1. The average molecular weight is 506 g/mol. The van der Waals surface area contributed by atoms with Crippen molar-refractivity contribution in [1.82, 2.24) is 40.1 Å². The standard InChI is InChI=1S/C27H20FN9O/c28-21-17(15-10-16(12-29-11-15)33-27(38)14-4-3-5-14)13-32-25-20(21)24(36-37-25)26-34-19-7-9-31-22(23(19)35-26)18-6-1-2-8-30-18/h1-2,6-14H,3-5H2,(H,33,38)(H,34,35)(H,32,36,37). The first-order valence-electron chi connectivity index (χ1n) is 12.2. The number of fused-ring (bicyclic) bond motifs is 2.